The van der Waals surface area contributed by atoms with Gasteiger partial charge >= 0.3 is 0 Å². The van der Waals surface area contributed by atoms with E-state index in [0.717, 1.165) is 66.6 Å². The molecule has 2 heterocycles. The third kappa shape index (κ3) is 7.97. The number of carbonyl (C=O) groups excluding carboxylic acids is 1. The fraction of sp³-hybridized carbons (Fsp3) is 0.559. The molecule has 1 amide bonds. The molecular weight excluding hydrogens is 512 g/mol. The van der Waals surface area contributed by atoms with E-state index < -0.39 is 0 Å². The molecule has 2 aromatic heterocycles. The second-order valence-corrected chi connectivity index (χ2v) is 12.4. The van der Waals surface area contributed by atoms with Crippen molar-refractivity contribution < 1.29 is 14.6 Å². The molecule has 0 aromatic carbocycles. The molecule has 0 atom stereocenters. The largest absolute Gasteiger partial charge is 0.497 e. The van der Waals surface area contributed by atoms with Crippen LogP contribution in [-0.4, -0.2) is 45.5 Å². The van der Waals surface area contributed by atoms with E-state index in [9.17, 15) is 9.90 Å². The first-order chi connectivity index (χ1) is 19.7. The Hall–Kier alpha value is -3.19. The number of aliphatic hydroxyl groups excluding tert-OH is 1. The maximum absolute atomic E-state index is 14.0. The molecule has 7 nitrogen and oxygen atoms in total. The molecule has 222 valence electrons. The zero-order valence-corrected chi connectivity index (χ0v) is 25.6. The summed E-state index contributed by atoms with van der Waals surface area (Å²) < 4.78 is 7.42. The van der Waals surface area contributed by atoms with Crippen molar-refractivity contribution in [2.75, 3.05) is 18.6 Å². The number of amides is 1. The minimum atomic E-state index is -0.291. The van der Waals surface area contributed by atoms with Crippen LogP contribution in [0.15, 0.2) is 66.4 Å². The van der Waals surface area contributed by atoms with Crippen LogP contribution in [0.1, 0.15) is 85.1 Å². The number of methoxy groups -OCH3 is 1. The molecule has 0 unspecified atom stereocenters. The molecule has 0 saturated heterocycles. The van der Waals surface area contributed by atoms with Crippen molar-refractivity contribution in [3.63, 3.8) is 0 Å². The maximum Gasteiger partial charge on any atom is 0.231 e. The average molecular weight is 561 g/mol. The quantitative estimate of drug-likeness (QED) is 0.244. The Kier molecular flexibility index (Phi) is 10.6. The first-order valence-electron chi connectivity index (χ1n) is 15.2. The molecular formula is C34H48N4O3. The van der Waals surface area contributed by atoms with E-state index in [4.69, 9.17) is 9.72 Å². The van der Waals surface area contributed by atoms with Gasteiger partial charge in [0, 0.05) is 36.5 Å². The van der Waals surface area contributed by atoms with E-state index in [0.29, 0.717) is 37.0 Å². The predicted molar refractivity (Wildman–Crippen MR) is 165 cm³/mol. The number of allylic oxidation sites excluding steroid dienone is 4. The second-order valence-electron chi connectivity index (χ2n) is 12.4. The van der Waals surface area contributed by atoms with Crippen LogP contribution >= 0.6 is 0 Å². The van der Waals surface area contributed by atoms with Crippen molar-refractivity contribution in [1.82, 2.24) is 14.8 Å². The van der Waals surface area contributed by atoms with Gasteiger partial charge in [-0.1, -0.05) is 18.2 Å². The SMILES string of the molecule is C=C(/C=C\C(OC)=C(C)C)[C@H]1CC[C@H](CN(c2cc(-c3cnn(C(C)C)c3)ccn2)C(=O)[C@H]2CC[C@H](O)CC2)CC1. The highest BCUT2D eigenvalue weighted by atomic mass is 16.5. The monoisotopic (exact) mass is 560 g/mol. The molecule has 0 bridgehead atoms. The van der Waals surface area contributed by atoms with Gasteiger partial charge in [0.15, 0.2) is 0 Å². The van der Waals surface area contributed by atoms with Crippen molar-refractivity contribution in [2.24, 2.45) is 17.8 Å². The Morgan fingerprint density at radius 3 is 2.39 bits per heavy atom. The number of rotatable bonds is 10. The molecule has 1 N–H and O–H groups in total. The van der Waals surface area contributed by atoms with Gasteiger partial charge < -0.3 is 9.84 Å². The summed E-state index contributed by atoms with van der Waals surface area (Å²) in [5.41, 5.74) is 4.32. The number of aliphatic hydroxyl groups is 1. The van der Waals surface area contributed by atoms with Gasteiger partial charge in [0.2, 0.25) is 5.91 Å². The third-order valence-corrected chi connectivity index (χ3v) is 8.77. The zero-order valence-electron chi connectivity index (χ0n) is 25.6. The summed E-state index contributed by atoms with van der Waals surface area (Å²) in [6, 6.07) is 4.30. The van der Waals surface area contributed by atoms with Crippen molar-refractivity contribution in [3.05, 3.63) is 66.4 Å². The molecule has 41 heavy (non-hydrogen) atoms. The van der Waals surface area contributed by atoms with Crippen LogP contribution in [0.4, 0.5) is 5.82 Å². The third-order valence-electron chi connectivity index (χ3n) is 8.77. The smallest absolute Gasteiger partial charge is 0.231 e. The Labute approximate surface area is 246 Å². The van der Waals surface area contributed by atoms with E-state index >= 15 is 0 Å². The molecule has 2 aromatic rings. The summed E-state index contributed by atoms with van der Waals surface area (Å²) in [4.78, 5) is 20.6. The van der Waals surface area contributed by atoms with Crippen molar-refractivity contribution >= 4 is 11.7 Å². The normalized spacial score (nSPS) is 23.0. The minimum absolute atomic E-state index is 0.0705. The molecule has 2 aliphatic carbocycles. The van der Waals surface area contributed by atoms with Gasteiger partial charge in [-0.15, -0.1) is 0 Å². The fourth-order valence-electron chi connectivity index (χ4n) is 6.09. The molecule has 7 heteroatoms. The Bertz CT molecular complexity index is 1240. The number of aromatic nitrogens is 3. The van der Waals surface area contributed by atoms with E-state index in [1.54, 1.807) is 13.3 Å². The van der Waals surface area contributed by atoms with Crippen LogP contribution < -0.4 is 4.90 Å². The van der Waals surface area contributed by atoms with Gasteiger partial charge in [-0.05, 0) is 120 Å². The lowest BCUT2D eigenvalue weighted by Gasteiger charge is -2.35. The van der Waals surface area contributed by atoms with Gasteiger partial charge in [0.1, 0.15) is 11.6 Å². The highest BCUT2D eigenvalue weighted by Gasteiger charge is 2.33. The molecule has 4 rings (SSSR count). The van der Waals surface area contributed by atoms with Crippen molar-refractivity contribution in [2.45, 2.75) is 91.2 Å². The molecule has 2 fully saturated rings. The maximum atomic E-state index is 14.0. The number of carbonyl (C=O) groups is 1. The van der Waals surface area contributed by atoms with Crippen LogP contribution in [0.3, 0.4) is 0 Å². The summed E-state index contributed by atoms with van der Waals surface area (Å²) >= 11 is 0. The van der Waals surface area contributed by atoms with Crippen molar-refractivity contribution in [1.29, 1.82) is 0 Å². The number of nitrogens with zero attached hydrogens (tertiary/aromatic N) is 4. The van der Waals surface area contributed by atoms with Gasteiger partial charge in [0.25, 0.3) is 0 Å². The number of pyridine rings is 1. The molecule has 0 spiro atoms. The van der Waals surface area contributed by atoms with Gasteiger partial charge in [-0.25, -0.2) is 4.98 Å². The standard InChI is InChI=1S/C34H48N4O3/c1-23(2)32(41-6)16-7-25(5)27-10-8-26(9-11-27)21-37(34(40)28-12-14-31(39)15-13-28)33-19-29(17-18-35-33)30-20-36-38(22-30)24(3)4/h7,16-20,22,24,26-28,31,39H,5,8-15,21H2,1-4,6H3/b16-7-/t26-,27-,28-,31-. The van der Waals surface area contributed by atoms with Gasteiger partial charge in [0.05, 0.1) is 19.4 Å². The first kappa shape index (κ1) is 30.8. The van der Waals surface area contributed by atoms with Crippen LogP contribution in [0.2, 0.25) is 0 Å². The number of anilines is 1. The fourth-order valence-corrected chi connectivity index (χ4v) is 6.09. The number of ether oxygens (including phenoxy) is 1. The molecule has 0 aliphatic heterocycles. The lowest BCUT2D eigenvalue weighted by Crippen LogP contribution is -2.42. The molecule has 2 aliphatic rings. The number of hydrogen-bond acceptors (Lipinski definition) is 5. The lowest BCUT2D eigenvalue weighted by atomic mass is 9.78. The van der Waals surface area contributed by atoms with E-state index in [-0.39, 0.29) is 24.0 Å². The topological polar surface area (TPSA) is 80.5 Å². The van der Waals surface area contributed by atoms with Crippen LogP contribution in [0.25, 0.3) is 11.1 Å². The van der Waals surface area contributed by atoms with E-state index in [2.05, 4.69) is 31.6 Å². The van der Waals surface area contributed by atoms with Gasteiger partial charge in [-0.3, -0.25) is 14.4 Å². The first-order valence-corrected chi connectivity index (χ1v) is 15.2. The molecule has 0 radical (unpaired) electrons. The van der Waals surface area contributed by atoms with Crippen LogP contribution in [0.5, 0.6) is 0 Å². The lowest BCUT2D eigenvalue weighted by molar-refractivity contribution is -0.124. The minimum Gasteiger partial charge on any atom is -0.497 e. The zero-order chi connectivity index (χ0) is 29.5. The van der Waals surface area contributed by atoms with E-state index in [1.165, 1.54) is 0 Å². The summed E-state index contributed by atoms with van der Waals surface area (Å²) in [6.45, 7) is 13.3. The molecule has 2 saturated carbocycles. The Balaban J connectivity index is 1.49. The summed E-state index contributed by atoms with van der Waals surface area (Å²) in [5, 5.41) is 14.5. The highest BCUT2D eigenvalue weighted by molar-refractivity contribution is 5.94. The summed E-state index contributed by atoms with van der Waals surface area (Å²) in [7, 11) is 1.70. The van der Waals surface area contributed by atoms with E-state index in [1.807, 2.05) is 54.0 Å². The summed E-state index contributed by atoms with van der Waals surface area (Å²) in [6.07, 6.45) is 16.6. The van der Waals surface area contributed by atoms with Gasteiger partial charge in [-0.2, -0.15) is 5.10 Å². The number of hydrogen-bond donors (Lipinski definition) is 1. The Morgan fingerprint density at radius 1 is 1.10 bits per heavy atom. The predicted octanol–water partition coefficient (Wildman–Crippen LogP) is 7.27. The van der Waals surface area contributed by atoms with Crippen LogP contribution in [-0.2, 0) is 9.53 Å². The van der Waals surface area contributed by atoms with Crippen molar-refractivity contribution in [3.8, 4) is 11.1 Å². The average Bonchev–Trinajstić information content (AvgIpc) is 3.47. The summed E-state index contributed by atoms with van der Waals surface area (Å²) in [5.74, 6) is 2.51. The van der Waals surface area contributed by atoms with Crippen LogP contribution in [0, 0.1) is 17.8 Å². The highest BCUT2D eigenvalue weighted by Crippen LogP contribution is 2.36. The Morgan fingerprint density at radius 2 is 1.78 bits per heavy atom. The second kappa shape index (κ2) is 14.1.